The van der Waals surface area contributed by atoms with E-state index in [4.69, 9.17) is 4.42 Å². The summed E-state index contributed by atoms with van der Waals surface area (Å²) in [6.07, 6.45) is 0. The van der Waals surface area contributed by atoms with Gasteiger partial charge in [-0.15, -0.1) is 11.3 Å². The largest absolute Gasteiger partial charge is 0.455 e. The second kappa shape index (κ2) is 7.49. The van der Waals surface area contributed by atoms with E-state index in [1.165, 1.54) is 0 Å². The van der Waals surface area contributed by atoms with Gasteiger partial charge >= 0.3 is 0 Å². The highest BCUT2D eigenvalue weighted by molar-refractivity contribution is 7.18. The average Bonchev–Trinajstić information content (AvgIpc) is 3.15. The molecule has 5 nitrogen and oxygen atoms in total. The van der Waals surface area contributed by atoms with Gasteiger partial charge < -0.3 is 9.73 Å². The molecule has 6 heteroatoms. The normalized spacial score (nSPS) is 11.2. The lowest BCUT2D eigenvalue weighted by molar-refractivity contribution is 0.102. The van der Waals surface area contributed by atoms with E-state index in [9.17, 15) is 9.59 Å². The van der Waals surface area contributed by atoms with Crippen LogP contribution in [0.15, 0.2) is 75.9 Å². The quantitative estimate of drug-likeness (QED) is 0.388. The number of para-hydroxylation sites is 1. The first-order valence-electron chi connectivity index (χ1n) is 9.81. The van der Waals surface area contributed by atoms with Gasteiger partial charge in [0.25, 0.3) is 5.91 Å². The fourth-order valence-corrected chi connectivity index (χ4v) is 4.54. The van der Waals surface area contributed by atoms with Crippen LogP contribution in [0.3, 0.4) is 0 Å². The lowest BCUT2D eigenvalue weighted by Gasteiger charge is -2.11. The number of carbonyl (C=O) groups is 1. The zero-order chi connectivity index (χ0) is 21.5. The Morgan fingerprint density at radius 2 is 1.81 bits per heavy atom. The summed E-state index contributed by atoms with van der Waals surface area (Å²) in [7, 11) is 0. The fourth-order valence-electron chi connectivity index (χ4n) is 3.67. The van der Waals surface area contributed by atoms with E-state index in [1.54, 1.807) is 36.5 Å². The zero-order valence-electron chi connectivity index (χ0n) is 16.9. The molecule has 31 heavy (non-hydrogen) atoms. The molecule has 0 radical (unpaired) electrons. The Morgan fingerprint density at radius 3 is 2.61 bits per heavy atom. The maximum Gasteiger partial charge on any atom is 0.259 e. The summed E-state index contributed by atoms with van der Waals surface area (Å²) in [4.78, 5) is 30.6. The Labute approximate surface area is 182 Å². The number of thiazole rings is 1. The highest BCUT2D eigenvalue weighted by atomic mass is 32.1. The summed E-state index contributed by atoms with van der Waals surface area (Å²) in [6.45, 7) is 3.69. The van der Waals surface area contributed by atoms with Crippen LogP contribution in [0.25, 0.3) is 32.5 Å². The number of nitrogens with zero attached hydrogens (tertiary/aromatic N) is 1. The fraction of sp³-hybridized carbons (Fsp3) is 0.0800. The van der Waals surface area contributed by atoms with Gasteiger partial charge in [-0.1, -0.05) is 36.4 Å². The SMILES string of the molecule is Cc1nc2ccc(NC(=O)c3cccc4c(=O)c(C)c(-c5ccccc5)oc34)cc2s1. The van der Waals surface area contributed by atoms with E-state index in [1.807, 2.05) is 55.5 Å². The molecule has 0 bridgehead atoms. The average molecular weight is 426 g/mol. The maximum absolute atomic E-state index is 13.1. The van der Waals surface area contributed by atoms with Gasteiger partial charge in [-0.25, -0.2) is 4.98 Å². The number of hydrogen-bond acceptors (Lipinski definition) is 5. The molecule has 0 aliphatic heterocycles. The van der Waals surface area contributed by atoms with Crippen molar-refractivity contribution < 1.29 is 9.21 Å². The van der Waals surface area contributed by atoms with E-state index in [0.29, 0.717) is 28.0 Å². The van der Waals surface area contributed by atoms with Gasteiger partial charge in [0.15, 0.2) is 11.0 Å². The molecule has 0 saturated carbocycles. The third-order valence-electron chi connectivity index (χ3n) is 5.18. The van der Waals surface area contributed by atoms with Crippen LogP contribution in [0.2, 0.25) is 0 Å². The lowest BCUT2D eigenvalue weighted by Crippen LogP contribution is -2.15. The first-order valence-corrected chi connectivity index (χ1v) is 10.6. The van der Waals surface area contributed by atoms with Gasteiger partial charge in [0.05, 0.1) is 26.2 Å². The molecule has 152 valence electrons. The van der Waals surface area contributed by atoms with Crippen molar-refractivity contribution in [2.45, 2.75) is 13.8 Å². The van der Waals surface area contributed by atoms with Crippen LogP contribution in [0.5, 0.6) is 0 Å². The topological polar surface area (TPSA) is 72.2 Å². The maximum atomic E-state index is 13.1. The molecule has 0 aliphatic rings. The van der Waals surface area contributed by atoms with Crippen molar-refractivity contribution in [3.8, 4) is 11.3 Å². The molecular weight excluding hydrogens is 408 g/mol. The van der Waals surface area contributed by atoms with Gasteiger partial charge in [0.1, 0.15) is 5.76 Å². The molecular formula is C25H18N2O3S. The number of fused-ring (bicyclic) bond motifs is 2. The van der Waals surface area contributed by atoms with Gasteiger partial charge in [-0.05, 0) is 44.2 Å². The number of rotatable bonds is 3. The van der Waals surface area contributed by atoms with Crippen LogP contribution in [0.1, 0.15) is 20.9 Å². The first-order chi connectivity index (χ1) is 15.0. The van der Waals surface area contributed by atoms with Crippen LogP contribution in [-0.4, -0.2) is 10.9 Å². The summed E-state index contributed by atoms with van der Waals surface area (Å²) < 4.78 is 7.16. The Kier molecular flexibility index (Phi) is 4.64. The minimum Gasteiger partial charge on any atom is -0.455 e. The van der Waals surface area contributed by atoms with Gasteiger partial charge in [0, 0.05) is 16.8 Å². The third kappa shape index (κ3) is 3.41. The van der Waals surface area contributed by atoms with Crippen molar-refractivity contribution >= 4 is 44.1 Å². The minimum atomic E-state index is -0.336. The third-order valence-corrected chi connectivity index (χ3v) is 6.11. The van der Waals surface area contributed by atoms with Crippen molar-refractivity contribution in [3.63, 3.8) is 0 Å². The number of nitrogens with one attached hydrogen (secondary N) is 1. The molecule has 5 aromatic rings. The molecule has 0 atom stereocenters. The molecule has 0 unspecified atom stereocenters. The van der Waals surface area contributed by atoms with E-state index >= 15 is 0 Å². The van der Waals surface area contributed by atoms with Crippen LogP contribution in [-0.2, 0) is 0 Å². The highest BCUT2D eigenvalue weighted by Gasteiger charge is 2.18. The number of anilines is 1. The Balaban J connectivity index is 1.60. The van der Waals surface area contributed by atoms with Crippen LogP contribution in [0, 0.1) is 13.8 Å². The molecule has 3 aromatic carbocycles. The monoisotopic (exact) mass is 426 g/mol. The lowest BCUT2D eigenvalue weighted by atomic mass is 10.0. The van der Waals surface area contributed by atoms with E-state index in [0.717, 1.165) is 20.8 Å². The molecule has 1 N–H and O–H groups in total. The van der Waals surface area contributed by atoms with E-state index in [2.05, 4.69) is 10.3 Å². The molecule has 5 rings (SSSR count). The second-order valence-electron chi connectivity index (χ2n) is 7.30. The molecule has 2 aromatic heterocycles. The van der Waals surface area contributed by atoms with Crippen molar-refractivity contribution in [2.75, 3.05) is 5.32 Å². The minimum absolute atomic E-state index is 0.142. The Hall–Kier alpha value is -3.77. The molecule has 1 amide bonds. The summed E-state index contributed by atoms with van der Waals surface area (Å²) in [5.74, 6) is 0.136. The van der Waals surface area contributed by atoms with Crippen molar-refractivity contribution in [1.82, 2.24) is 4.98 Å². The number of carbonyl (C=O) groups excluding carboxylic acids is 1. The second-order valence-corrected chi connectivity index (χ2v) is 8.54. The highest BCUT2D eigenvalue weighted by Crippen LogP contribution is 2.29. The molecule has 0 saturated heterocycles. The van der Waals surface area contributed by atoms with Crippen LogP contribution in [0.4, 0.5) is 5.69 Å². The Morgan fingerprint density at radius 1 is 1.00 bits per heavy atom. The molecule has 0 fully saturated rings. The molecule has 2 heterocycles. The van der Waals surface area contributed by atoms with E-state index in [-0.39, 0.29) is 16.9 Å². The summed E-state index contributed by atoms with van der Waals surface area (Å²) >= 11 is 1.57. The van der Waals surface area contributed by atoms with Crippen LogP contribution < -0.4 is 10.7 Å². The summed E-state index contributed by atoms with van der Waals surface area (Å²) in [5, 5.41) is 4.28. The smallest absolute Gasteiger partial charge is 0.259 e. The van der Waals surface area contributed by atoms with Gasteiger partial charge in [0.2, 0.25) is 0 Å². The first kappa shape index (κ1) is 19.2. The number of amides is 1. The summed E-state index contributed by atoms with van der Waals surface area (Å²) in [5.41, 5.74) is 3.32. The predicted octanol–water partition coefficient (Wildman–Crippen LogP) is 5.94. The van der Waals surface area contributed by atoms with Gasteiger partial charge in [-0.3, -0.25) is 9.59 Å². The number of benzene rings is 3. The standard InChI is InChI=1S/C25H18N2O3S/c1-14-22(28)18-9-6-10-19(24(18)30-23(14)16-7-4-3-5-8-16)25(29)27-17-11-12-20-21(13-17)31-15(2)26-20/h3-13H,1-2H3,(H,27,29). The van der Waals surface area contributed by atoms with Crippen molar-refractivity contribution in [2.24, 2.45) is 0 Å². The summed E-state index contributed by atoms with van der Waals surface area (Å²) in [6, 6.07) is 20.1. The predicted molar refractivity (Wildman–Crippen MR) is 125 cm³/mol. The van der Waals surface area contributed by atoms with Crippen LogP contribution >= 0.6 is 11.3 Å². The van der Waals surface area contributed by atoms with E-state index < -0.39 is 0 Å². The van der Waals surface area contributed by atoms with Crippen molar-refractivity contribution in [3.05, 3.63) is 93.1 Å². The molecule has 0 aliphatic carbocycles. The zero-order valence-corrected chi connectivity index (χ0v) is 17.7. The molecule has 0 spiro atoms. The van der Waals surface area contributed by atoms with Crippen molar-refractivity contribution in [1.29, 1.82) is 0 Å². The number of hydrogen-bond donors (Lipinski definition) is 1. The number of aryl methyl sites for hydroxylation is 1. The number of aromatic nitrogens is 1. The van der Waals surface area contributed by atoms with Gasteiger partial charge in [-0.2, -0.15) is 0 Å². The Bertz CT molecular complexity index is 1520.